The highest BCUT2D eigenvalue weighted by Gasteiger charge is 2.24. The van der Waals surface area contributed by atoms with E-state index < -0.39 is 23.5 Å². The highest BCUT2D eigenvalue weighted by molar-refractivity contribution is 5.77. The Morgan fingerprint density at radius 1 is 0.826 bits per heavy atom. The van der Waals surface area contributed by atoms with E-state index in [9.17, 15) is 9.59 Å². The minimum Gasteiger partial charge on any atom is -0.428 e. The minimum absolute atomic E-state index is 0.695. The molecule has 0 fully saturated rings. The van der Waals surface area contributed by atoms with Crippen molar-refractivity contribution < 1.29 is 23.8 Å². The third-order valence-corrected chi connectivity index (χ3v) is 2.02. The van der Waals surface area contributed by atoms with Crippen LogP contribution in [-0.4, -0.2) is 23.5 Å². The Morgan fingerprint density at radius 2 is 1.17 bits per heavy atom. The number of carbonyl (C=O) groups is 2. The molecular weight excluding hydrogens is 298 g/mol. The van der Waals surface area contributed by atoms with Gasteiger partial charge in [0, 0.05) is 5.69 Å². The number of hydrogen-bond acceptors (Lipinski definition) is 6. The van der Waals surface area contributed by atoms with Crippen LogP contribution in [0.1, 0.15) is 47.1 Å². The van der Waals surface area contributed by atoms with Crippen molar-refractivity contribution >= 4 is 18.0 Å². The lowest BCUT2D eigenvalue weighted by molar-refractivity contribution is -0.0293. The van der Waals surface area contributed by atoms with Gasteiger partial charge in [-0.05, 0) is 60.6 Å². The van der Waals surface area contributed by atoms with Gasteiger partial charge in [0.25, 0.3) is 0 Å². The van der Waals surface area contributed by atoms with Gasteiger partial charge >= 0.3 is 12.3 Å². The molecule has 0 heterocycles. The average Bonchev–Trinajstić information content (AvgIpc) is 2.28. The second kappa shape index (κ2) is 8.41. The van der Waals surface area contributed by atoms with E-state index in [2.05, 4.69) is 4.74 Å². The molecule has 6 heteroatoms. The fourth-order valence-electron chi connectivity index (χ4n) is 1.18. The molecule has 130 valence electrons. The van der Waals surface area contributed by atoms with Crippen molar-refractivity contribution in [3.63, 3.8) is 0 Å². The van der Waals surface area contributed by atoms with Crippen molar-refractivity contribution in [2.75, 3.05) is 5.73 Å². The van der Waals surface area contributed by atoms with Gasteiger partial charge in [-0.1, -0.05) is 17.7 Å². The number of nitrogen functional groups attached to an aromatic ring is 1. The number of carbonyl (C=O) groups excluding carboxylic acids is 2. The van der Waals surface area contributed by atoms with E-state index in [1.807, 2.05) is 31.2 Å². The van der Waals surface area contributed by atoms with Crippen molar-refractivity contribution in [1.82, 2.24) is 0 Å². The number of nitrogens with two attached hydrogens (primary N) is 1. The summed E-state index contributed by atoms with van der Waals surface area (Å²) in [6.07, 6.45) is -2.12. The van der Waals surface area contributed by atoms with Crippen LogP contribution in [0.25, 0.3) is 0 Å². The van der Waals surface area contributed by atoms with Crippen LogP contribution in [-0.2, 0) is 14.2 Å². The summed E-state index contributed by atoms with van der Waals surface area (Å²) in [7, 11) is 0. The predicted molar refractivity (Wildman–Crippen MR) is 89.1 cm³/mol. The van der Waals surface area contributed by atoms with Gasteiger partial charge in [-0.15, -0.1) is 0 Å². The van der Waals surface area contributed by atoms with Gasteiger partial charge in [0.1, 0.15) is 11.2 Å². The summed E-state index contributed by atoms with van der Waals surface area (Å²) in [6.45, 7) is 12.1. The number of benzene rings is 1. The summed E-state index contributed by atoms with van der Waals surface area (Å²) in [4.78, 5) is 22.0. The fraction of sp³-hybridized carbons (Fsp3) is 0.529. The quantitative estimate of drug-likeness (QED) is 0.431. The Kier molecular flexibility index (Phi) is 7.59. The van der Waals surface area contributed by atoms with E-state index in [1.54, 1.807) is 41.5 Å². The smallest absolute Gasteiger partial charge is 0.428 e. The first-order valence-corrected chi connectivity index (χ1v) is 7.24. The molecule has 0 aliphatic rings. The molecule has 0 saturated heterocycles. The Morgan fingerprint density at radius 3 is 1.43 bits per heavy atom. The summed E-state index contributed by atoms with van der Waals surface area (Å²) < 4.78 is 13.8. The van der Waals surface area contributed by atoms with Crippen LogP contribution in [0.15, 0.2) is 24.3 Å². The SMILES string of the molecule is CC(C)(C)OC(=O)OC(=O)OC(C)(C)C.Cc1ccc(N)cc1. The van der Waals surface area contributed by atoms with Crippen molar-refractivity contribution in [2.24, 2.45) is 0 Å². The van der Waals surface area contributed by atoms with Crippen LogP contribution in [0.5, 0.6) is 0 Å². The lowest BCUT2D eigenvalue weighted by Crippen LogP contribution is -2.29. The van der Waals surface area contributed by atoms with E-state index in [0.29, 0.717) is 0 Å². The third-order valence-electron chi connectivity index (χ3n) is 2.02. The van der Waals surface area contributed by atoms with Crippen molar-refractivity contribution in [2.45, 2.75) is 59.7 Å². The molecule has 0 aliphatic heterocycles. The number of rotatable bonds is 0. The fourth-order valence-corrected chi connectivity index (χ4v) is 1.18. The Balaban J connectivity index is 0.000000502. The summed E-state index contributed by atoms with van der Waals surface area (Å²) in [5.74, 6) is 0. The maximum atomic E-state index is 11.0. The van der Waals surface area contributed by atoms with E-state index >= 15 is 0 Å². The normalized spacial score (nSPS) is 10.9. The molecule has 2 N–H and O–H groups in total. The summed E-state index contributed by atoms with van der Waals surface area (Å²) >= 11 is 0. The molecule has 0 aliphatic carbocycles. The molecule has 0 saturated carbocycles. The first-order valence-electron chi connectivity index (χ1n) is 7.24. The number of hydrogen-bond donors (Lipinski definition) is 1. The zero-order valence-corrected chi connectivity index (χ0v) is 14.9. The van der Waals surface area contributed by atoms with E-state index in [-0.39, 0.29) is 0 Å². The molecule has 0 spiro atoms. The molecule has 1 rings (SSSR count). The number of aryl methyl sites for hydroxylation is 1. The first-order chi connectivity index (χ1) is 10.3. The molecule has 0 atom stereocenters. The highest BCUT2D eigenvalue weighted by Crippen LogP contribution is 2.11. The van der Waals surface area contributed by atoms with Gasteiger partial charge < -0.3 is 19.9 Å². The first kappa shape index (κ1) is 20.8. The lowest BCUT2D eigenvalue weighted by atomic mass is 10.2. The molecule has 0 bridgehead atoms. The highest BCUT2D eigenvalue weighted by atomic mass is 16.8. The van der Waals surface area contributed by atoms with Crippen LogP contribution in [0.2, 0.25) is 0 Å². The lowest BCUT2D eigenvalue weighted by Gasteiger charge is -2.20. The summed E-state index contributed by atoms with van der Waals surface area (Å²) in [5.41, 5.74) is 6.11. The predicted octanol–water partition coefficient (Wildman–Crippen LogP) is 4.45. The molecule has 6 nitrogen and oxygen atoms in total. The molecule has 0 amide bonds. The van der Waals surface area contributed by atoms with Crippen LogP contribution in [0.4, 0.5) is 15.3 Å². The van der Waals surface area contributed by atoms with Crippen LogP contribution in [0, 0.1) is 6.92 Å². The summed E-state index contributed by atoms with van der Waals surface area (Å²) in [6, 6.07) is 7.79. The monoisotopic (exact) mass is 325 g/mol. The van der Waals surface area contributed by atoms with E-state index in [1.165, 1.54) is 5.56 Å². The number of anilines is 1. The zero-order valence-electron chi connectivity index (χ0n) is 14.9. The van der Waals surface area contributed by atoms with Crippen molar-refractivity contribution in [1.29, 1.82) is 0 Å². The maximum Gasteiger partial charge on any atom is 0.519 e. The maximum absolute atomic E-state index is 11.0. The summed E-state index contributed by atoms with van der Waals surface area (Å²) in [5, 5.41) is 0. The van der Waals surface area contributed by atoms with E-state index in [0.717, 1.165) is 5.69 Å². The minimum atomic E-state index is -1.06. The average molecular weight is 325 g/mol. The molecule has 0 radical (unpaired) electrons. The molecule has 0 unspecified atom stereocenters. The Bertz CT molecular complexity index is 462. The second-order valence-corrected chi connectivity index (χ2v) is 6.94. The van der Waals surface area contributed by atoms with Crippen LogP contribution < -0.4 is 5.73 Å². The molecule has 23 heavy (non-hydrogen) atoms. The topological polar surface area (TPSA) is 87.8 Å². The molecular formula is C17H27NO5. The van der Waals surface area contributed by atoms with Gasteiger partial charge in [-0.25, -0.2) is 9.59 Å². The zero-order chi connectivity index (χ0) is 18.3. The largest absolute Gasteiger partial charge is 0.519 e. The van der Waals surface area contributed by atoms with Gasteiger partial charge in [-0.3, -0.25) is 0 Å². The molecule has 0 aromatic heterocycles. The van der Waals surface area contributed by atoms with Crippen molar-refractivity contribution in [3.05, 3.63) is 29.8 Å². The van der Waals surface area contributed by atoms with E-state index in [4.69, 9.17) is 15.2 Å². The Labute approximate surface area is 137 Å². The van der Waals surface area contributed by atoms with Crippen molar-refractivity contribution in [3.8, 4) is 0 Å². The van der Waals surface area contributed by atoms with Gasteiger partial charge in [0.15, 0.2) is 0 Å². The van der Waals surface area contributed by atoms with Gasteiger partial charge in [-0.2, -0.15) is 0 Å². The second-order valence-electron chi connectivity index (χ2n) is 6.94. The third kappa shape index (κ3) is 13.2. The standard InChI is InChI=1S/C10H18O5.C7H9N/c1-9(2,3)14-7(11)13-8(12)15-10(4,5)6;1-6-2-4-7(8)5-3-6/h1-6H3;2-5H,8H2,1H3. The number of ether oxygens (including phenoxy) is 3. The molecule has 1 aromatic rings. The Hall–Kier alpha value is -2.24. The van der Waals surface area contributed by atoms with Gasteiger partial charge in [0.2, 0.25) is 0 Å². The van der Waals surface area contributed by atoms with Crippen LogP contribution >= 0.6 is 0 Å². The molecule has 1 aromatic carbocycles. The van der Waals surface area contributed by atoms with Gasteiger partial charge in [0.05, 0.1) is 0 Å². The van der Waals surface area contributed by atoms with Crippen LogP contribution in [0.3, 0.4) is 0 Å².